The van der Waals surface area contributed by atoms with Gasteiger partial charge < -0.3 is 5.32 Å². The topological polar surface area (TPSA) is 84.3 Å². The Bertz CT molecular complexity index is 1020. The number of nitrogens with zero attached hydrogens (tertiary/aromatic N) is 5. The van der Waals surface area contributed by atoms with Gasteiger partial charge in [0.2, 0.25) is 0 Å². The Morgan fingerprint density at radius 2 is 2.08 bits per heavy atom. The summed E-state index contributed by atoms with van der Waals surface area (Å²) >= 11 is 0. The lowest BCUT2D eigenvalue weighted by Gasteiger charge is -2.14. The number of H-pyrrole nitrogens is 1. The van der Waals surface area contributed by atoms with E-state index >= 15 is 0 Å². The smallest absolute Gasteiger partial charge is 0.168 e. The molecule has 0 amide bonds. The van der Waals surface area contributed by atoms with Gasteiger partial charge >= 0.3 is 0 Å². The van der Waals surface area contributed by atoms with Gasteiger partial charge in [0.15, 0.2) is 11.5 Å². The average molecular weight is 337 g/mol. The van der Waals surface area contributed by atoms with Crippen molar-refractivity contribution < 1.29 is 4.39 Å². The van der Waals surface area contributed by atoms with Crippen LogP contribution in [0.15, 0.2) is 42.9 Å². The second-order valence-corrected chi connectivity index (χ2v) is 5.83. The maximum atomic E-state index is 13.0. The lowest BCUT2D eigenvalue weighted by Crippen LogP contribution is -2.10. The van der Waals surface area contributed by atoms with Crippen LogP contribution in [0.3, 0.4) is 0 Å². The van der Waals surface area contributed by atoms with Crippen LogP contribution < -0.4 is 5.32 Å². The van der Waals surface area contributed by atoms with Crippen molar-refractivity contribution >= 4 is 17.0 Å². The molecule has 4 aromatic heterocycles. The summed E-state index contributed by atoms with van der Waals surface area (Å²) in [6, 6.07) is 8.61. The molecule has 0 aromatic carbocycles. The molecule has 0 fully saturated rings. The Morgan fingerprint density at radius 3 is 2.80 bits per heavy atom. The first-order valence-electron chi connectivity index (χ1n) is 7.84. The van der Waals surface area contributed by atoms with Crippen molar-refractivity contribution in [2.45, 2.75) is 19.9 Å². The Hall–Kier alpha value is -3.29. The van der Waals surface area contributed by atoms with Gasteiger partial charge in [-0.2, -0.15) is 5.10 Å². The molecule has 0 aliphatic heterocycles. The number of aromatic amines is 1. The Kier molecular flexibility index (Phi) is 3.64. The van der Waals surface area contributed by atoms with E-state index in [2.05, 4.69) is 30.5 Å². The molecule has 0 radical (unpaired) electrons. The van der Waals surface area contributed by atoms with Crippen molar-refractivity contribution in [1.29, 1.82) is 0 Å². The molecule has 4 aromatic rings. The van der Waals surface area contributed by atoms with E-state index in [1.54, 1.807) is 12.4 Å². The Balaban J connectivity index is 1.65. The van der Waals surface area contributed by atoms with Gasteiger partial charge in [-0.15, -0.1) is 0 Å². The SMILES string of the molecule is Cc1cc(-n2cnc3ccc(N[C@@H](C)c4ccc(F)cn4)nc32)n[nH]1. The molecule has 2 N–H and O–H groups in total. The number of aromatic nitrogens is 6. The van der Waals surface area contributed by atoms with Crippen LogP contribution in [0.2, 0.25) is 0 Å². The van der Waals surface area contributed by atoms with E-state index in [9.17, 15) is 4.39 Å². The molecule has 0 aliphatic carbocycles. The van der Waals surface area contributed by atoms with Gasteiger partial charge in [0.25, 0.3) is 0 Å². The summed E-state index contributed by atoms with van der Waals surface area (Å²) in [6.45, 7) is 3.88. The summed E-state index contributed by atoms with van der Waals surface area (Å²) in [5.41, 5.74) is 3.18. The molecule has 0 aliphatic rings. The first-order chi connectivity index (χ1) is 12.1. The molecule has 0 saturated carbocycles. The highest BCUT2D eigenvalue weighted by Gasteiger charge is 2.12. The fourth-order valence-electron chi connectivity index (χ4n) is 2.61. The normalized spacial score (nSPS) is 12.4. The standard InChI is InChI=1S/C17H16FN7/c1-10-7-16(24-23-10)25-9-20-14-5-6-15(22-17(14)25)21-11(2)13-4-3-12(18)8-19-13/h3-9,11H,1-2H3,(H,21,22)(H,23,24)/t11-/m0/s1. The van der Waals surface area contributed by atoms with E-state index in [1.807, 2.05) is 36.6 Å². The van der Waals surface area contributed by atoms with Crippen molar-refractivity contribution in [2.24, 2.45) is 0 Å². The molecule has 0 spiro atoms. The van der Waals surface area contributed by atoms with Crippen molar-refractivity contribution in [2.75, 3.05) is 5.32 Å². The zero-order chi connectivity index (χ0) is 17.4. The largest absolute Gasteiger partial charge is 0.362 e. The Morgan fingerprint density at radius 1 is 1.20 bits per heavy atom. The fourth-order valence-corrected chi connectivity index (χ4v) is 2.61. The maximum Gasteiger partial charge on any atom is 0.168 e. The zero-order valence-electron chi connectivity index (χ0n) is 13.7. The predicted octanol–water partition coefficient (Wildman–Crippen LogP) is 3.16. The molecule has 1 atom stereocenters. The third-order valence-electron chi connectivity index (χ3n) is 3.89. The van der Waals surface area contributed by atoms with Gasteiger partial charge in [-0.05, 0) is 38.1 Å². The second kappa shape index (κ2) is 5.97. The number of fused-ring (bicyclic) bond motifs is 1. The van der Waals surface area contributed by atoms with Crippen molar-refractivity contribution in [3.05, 3.63) is 60.1 Å². The minimum Gasteiger partial charge on any atom is -0.362 e. The minimum atomic E-state index is -0.353. The Labute approximate surface area is 143 Å². The molecule has 0 bridgehead atoms. The van der Waals surface area contributed by atoms with Crippen LogP contribution >= 0.6 is 0 Å². The molecule has 25 heavy (non-hydrogen) atoms. The fraction of sp³-hybridized carbons (Fsp3) is 0.176. The predicted molar refractivity (Wildman–Crippen MR) is 92.0 cm³/mol. The van der Waals surface area contributed by atoms with E-state index in [4.69, 9.17) is 0 Å². The number of nitrogens with one attached hydrogen (secondary N) is 2. The van der Waals surface area contributed by atoms with Gasteiger partial charge in [-0.3, -0.25) is 14.6 Å². The summed E-state index contributed by atoms with van der Waals surface area (Å²) in [4.78, 5) is 13.1. The van der Waals surface area contributed by atoms with Gasteiger partial charge in [0, 0.05) is 11.8 Å². The van der Waals surface area contributed by atoms with Crippen LogP contribution in [0.25, 0.3) is 17.0 Å². The highest BCUT2D eigenvalue weighted by Crippen LogP contribution is 2.21. The number of imidazole rings is 1. The minimum absolute atomic E-state index is 0.116. The van der Waals surface area contributed by atoms with Crippen LogP contribution in [0, 0.1) is 12.7 Å². The van der Waals surface area contributed by atoms with Crippen LogP contribution in [0.5, 0.6) is 0 Å². The molecule has 4 rings (SSSR count). The summed E-state index contributed by atoms with van der Waals surface area (Å²) < 4.78 is 14.8. The number of aryl methyl sites for hydroxylation is 1. The maximum absolute atomic E-state index is 13.0. The van der Waals surface area contributed by atoms with Gasteiger partial charge in [-0.25, -0.2) is 14.4 Å². The third kappa shape index (κ3) is 2.93. The quantitative estimate of drug-likeness (QED) is 0.597. The van der Waals surface area contributed by atoms with Crippen LogP contribution in [-0.4, -0.2) is 29.7 Å². The first-order valence-corrected chi connectivity index (χ1v) is 7.84. The summed E-state index contributed by atoms with van der Waals surface area (Å²) in [6.07, 6.45) is 2.90. The van der Waals surface area contributed by atoms with Crippen molar-refractivity contribution in [3.8, 4) is 5.82 Å². The van der Waals surface area contributed by atoms with Crippen molar-refractivity contribution in [1.82, 2.24) is 29.7 Å². The van der Waals surface area contributed by atoms with Gasteiger partial charge in [0.05, 0.1) is 17.9 Å². The molecule has 0 unspecified atom stereocenters. The zero-order valence-corrected chi connectivity index (χ0v) is 13.7. The monoisotopic (exact) mass is 337 g/mol. The molecular formula is C17H16FN7. The lowest BCUT2D eigenvalue weighted by molar-refractivity contribution is 0.617. The lowest BCUT2D eigenvalue weighted by atomic mass is 10.2. The third-order valence-corrected chi connectivity index (χ3v) is 3.89. The van der Waals surface area contributed by atoms with Crippen LogP contribution in [0.4, 0.5) is 10.2 Å². The van der Waals surface area contributed by atoms with E-state index in [0.29, 0.717) is 11.5 Å². The molecule has 0 saturated heterocycles. The number of hydrogen-bond donors (Lipinski definition) is 2. The molecule has 8 heteroatoms. The number of halogens is 1. The van der Waals surface area contributed by atoms with E-state index in [1.165, 1.54) is 12.3 Å². The first kappa shape index (κ1) is 15.3. The van der Waals surface area contributed by atoms with Gasteiger partial charge in [0.1, 0.15) is 23.5 Å². The van der Waals surface area contributed by atoms with Gasteiger partial charge in [-0.1, -0.05) is 0 Å². The van der Waals surface area contributed by atoms with Crippen LogP contribution in [-0.2, 0) is 0 Å². The summed E-state index contributed by atoms with van der Waals surface area (Å²) in [7, 11) is 0. The molecular weight excluding hydrogens is 321 g/mol. The number of rotatable bonds is 4. The molecule has 126 valence electrons. The second-order valence-electron chi connectivity index (χ2n) is 5.83. The molecule has 4 heterocycles. The number of hydrogen-bond acceptors (Lipinski definition) is 5. The van der Waals surface area contributed by atoms with Crippen molar-refractivity contribution in [3.63, 3.8) is 0 Å². The average Bonchev–Trinajstić information content (AvgIpc) is 3.21. The highest BCUT2D eigenvalue weighted by molar-refractivity contribution is 5.74. The summed E-state index contributed by atoms with van der Waals surface area (Å²) in [5, 5.41) is 10.4. The number of anilines is 1. The highest BCUT2D eigenvalue weighted by atomic mass is 19.1. The molecule has 7 nitrogen and oxygen atoms in total. The van der Waals surface area contributed by atoms with E-state index in [0.717, 1.165) is 22.7 Å². The summed E-state index contributed by atoms with van der Waals surface area (Å²) in [5.74, 6) is 1.06. The van der Waals surface area contributed by atoms with E-state index in [-0.39, 0.29) is 11.9 Å². The number of pyridine rings is 2. The van der Waals surface area contributed by atoms with E-state index < -0.39 is 0 Å². The van der Waals surface area contributed by atoms with Crippen LogP contribution in [0.1, 0.15) is 24.4 Å².